The lowest BCUT2D eigenvalue weighted by molar-refractivity contribution is 0.485. The molecule has 8 aliphatic rings. The predicted molar refractivity (Wildman–Crippen MR) is 187 cm³/mol. The summed E-state index contributed by atoms with van der Waals surface area (Å²) in [6.07, 6.45) is 39.0. The molecule has 1 aromatic rings. The van der Waals surface area contributed by atoms with Crippen LogP contribution in [0.15, 0.2) is 128 Å². The van der Waals surface area contributed by atoms with Crippen molar-refractivity contribution < 1.29 is 0 Å². The molecular weight excluding hydrogens is 549 g/mol. The van der Waals surface area contributed by atoms with Gasteiger partial charge in [0.1, 0.15) is 0 Å². The fraction of sp³-hybridized carbons (Fsp3) is 0.442. The molecule has 9 rings (SSSR count). The summed E-state index contributed by atoms with van der Waals surface area (Å²) < 4.78 is 0. The first-order valence-corrected chi connectivity index (χ1v) is 18.7. The molecule has 1 aromatic carbocycles. The highest BCUT2D eigenvalue weighted by molar-refractivity contribution is 8.00. The molecular formula is C43H46S. The van der Waals surface area contributed by atoms with Crippen LogP contribution in [0, 0.1) is 11.8 Å². The lowest BCUT2D eigenvalue weighted by atomic mass is 9.63. The van der Waals surface area contributed by atoms with Gasteiger partial charge in [0.2, 0.25) is 0 Å². The van der Waals surface area contributed by atoms with Crippen molar-refractivity contribution in [1.29, 1.82) is 0 Å². The molecule has 0 amide bonds. The number of fused-ring (bicyclic) bond motifs is 6. The van der Waals surface area contributed by atoms with Crippen molar-refractivity contribution in [3.8, 4) is 0 Å². The quantitative estimate of drug-likeness (QED) is 0.328. The number of rotatable bonds is 2. The van der Waals surface area contributed by atoms with Crippen LogP contribution in [0.25, 0.3) is 0 Å². The van der Waals surface area contributed by atoms with E-state index in [0.717, 1.165) is 0 Å². The van der Waals surface area contributed by atoms with Gasteiger partial charge >= 0.3 is 0 Å². The van der Waals surface area contributed by atoms with Crippen LogP contribution in [0.2, 0.25) is 0 Å². The van der Waals surface area contributed by atoms with Gasteiger partial charge in [-0.15, -0.1) is 11.8 Å². The van der Waals surface area contributed by atoms with Crippen LogP contribution in [-0.2, 0) is 0 Å². The second-order valence-corrected chi connectivity index (χ2v) is 15.8. The maximum atomic E-state index is 2.74. The maximum Gasteiger partial charge on any atom is 0.0381 e. The highest BCUT2D eigenvalue weighted by Crippen LogP contribution is 2.58. The molecule has 0 bridgehead atoms. The van der Waals surface area contributed by atoms with Gasteiger partial charge in [-0.3, -0.25) is 0 Å². The van der Waals surface area contributed by atoms with E-state index in [4.69, 9.17) is 0 Å². The zero-order valence-electron chi connectivity index (χ0n) is 26.4. The second kappa shape index (κ2) is 11.2. The maximum absolute atomic E-state index is 2.74. The third kappa shape index (κ3) is 4.47. The van der Waals surface area contributed by atoms with Crippen LogP contribution in [-0.4, -0.2) is 5.25 Å². The van der Waals surface area contributed by atoms with Gasteiger partial charge in [-0.25, -0.2) is 0 Å². The van der Waals surface area contributed by atoms with Gasteiger partial charge in [-0.1, -0.05) is 96.5 Å². The molecule has 0 saturated heterocycles. The van der Waals surface area contributed by atoms with Crippen molar-refractivity contribution in [2.24, 2.45) is 11.8 Å². The zero-order chi connectivity index (χ0) is 29.2. The number of hydrogen-bond acceptors (Lipinski definition) is 1. The SMILES string of the molecule is C[C@@H]1C2=C(C=C(C3C=C4C(=CC3)CCCCC3=C4CCC=C3)CC2)C2=C(CCCC2)C1c1cccc2c1SC1C=CC=CC21. The van der Waals surface area contributed by atoms with Crippen LogP contribution in [0.5, 0.6) is 0 Å². The van der Waals surface area contributed by atoms with E-state index in [1.54, 1.807) is 66.2 Å². The first-order chi connectivity index (χ1) is 21.7. The number of benzene rings is 1. The Morgan fingerprint density at radius 2 is 1.66 bits per heavy atom. The number of allylic oxidation sites excluding steroid dienone is 17. The Labute approximate surface area is 269 Å². The lowest BCUT2D eigenvalue weighted by Crippen LogP contribution is -2.26. The highest BCUT2D eigenvalue weighted by Gasteiger charge is 2.41. The zero-order valence-corrected chi connectivity index (χ0v) is 27.2. The molecule has 4 unspecified atom stereocenters. The third-order valence-corrected chi connectivity index (χ3v) is 13.7. The highest BCUT2D eigenvalue weighted by atomic mass is 32.2. The Balaban J connectivity index is 1.09. The largest absolute Gasteiger partial charge is 0.117 e. The van der Waals surface area contributed by atoms with E-state index in [1.807, 2.05) is 0 Å². The summed E-state index contributed by atoms with van der Waals surface area (Å²) in [5, 5.41) is 0.568. The van der Waals surface area contributed by atoms with Gasteiger partial charge in [0.25, 0.3) is 0 Å². The molecule has 0 N–H and O–H groups in total. The summed E-state index contributed by atoms with van der Waals surface area (Å²) in [5.74, 6) is 2.25. The second-order valence-electron chi connectivity index (χ2n) is 14.6. The van der Waals surface area contributed by atoms with Crippen LogP contribution in [0.3, 0.4) is 0 Å². The molecule has 1 heteroatoms. The van der Waals surface area contributed by atoms with Gasteiger partial charge in [-0.05, 0) is 134 Å². The molecule has 7 aliphatic carbocycles. The molecule has 0 fully saturated rings. The van der Waals surface area contributed by atoms with E-state index < -0.39 is 0 Å². The summed E-state index contributed by atoms with van der Waals surface area (Å²) in [6, 6.07) is 7.29. The monoisotopic (exact) mass is 594 g/mol. The van der Waals surface area contributed by atoms with E-state index in [0.29, 0.717) is 28.9 Å². The smallest absolute Gasteiger partial charge is 0.0381 e. The number of thioether (sulfide) groups is 1. The van der Waals surface area contributed by atoms with Gasteiger partial charge in [0, 0.05) is 27.9 Å². The molecule has 0 spiro atoms. The fourth-order valence-electron chi connectivity index (χ4n) is 10.1. The Bertz CT molecular complexity index is 1690. The van der Waals surface area contributed by atoms with E-state index in [-0.39, 0.29) is 0 Å². The van der Waals surface area contributed by atoms with Gasteiger partial charge < -0.3 is 0 Å². The van der Waals surface area contributed by atoms with Crippen LogP contribution < -0.4 is 0 Å². The van der Waals surface area contributed by atoms with Crippen molar-refractivity contribution in [3.05, 3.63) is 134 Å². The predicted octanol–water partition coefficient (Wildman–Crippen LogP) is 12.1. The van der Waals surface area contributed by atoms with Crippen LogP contribution >= 0.6 is 11.8 Å². The molecule has 0 aromatic heterocycles. The van der Waals surface area contributed by atoms with E-state index in [9.17, 15) is 0 Å². The summed E-state index contributed by atoms with van der Waals surface area (Å²) in [6.45, 7) is 2.58. The first kappa shape index (κ1) is 27.5. The van der Waals surface area contributed by atoms with Gasteiger partial charge in [0.15, 0.2) is 0 Å². The molecule has 0 radical (unpaired) electrons. The van der Waals surface area contributed by atoms with E-state index in [1.165, 1.54) is 83.5 Å². The minimum atomic E-state index is 0.544. The standard InChI is InChI=1S/C43H46S/c1-27-32-24-23-31(30-22-21-29-13-3-2-11-28-12-4-5-14-33(28)39(29)25-30)26-40(32)34-15-6-7-17-36(34)42(27)38-19-10-18-37-35-16-8-9-20-41(35)44-43(37)38/h4,8-10,12,16,18-21,25-27,30,35,41-42H,2-3,5-7,11,13-15,17,22-24H2,1H3/t27-,30?,35?,41?,42?/m1/s1. The van der Waals surface area contributed by atoms with Gasteiger partial charge in [0.05, 0.1) is 0 Å². The molecule has 1 heterocycles. The van der Waals surface area contributed by atoms with Crippen molar-refractivity contribution in [3.63, 3.8) is 0 Å². The summed E-state index contributed by atoms with van der Waals surface area (Å²) in [7, 11) is 0. The molecule has 0 saturated carbocycles. The average molecular weight is 595 g/mol. The molecule has 5 atom stereocenters. The summed E-state index contributed by atoms with van der Waals surface area (Å²) in [5.41, 5.74) is 18.5. The average Bonchev–Trinajstić information content (AvgIpc) is 3.45. The first-order valence-electron chi connectivity index (χ1n) is 17.8. The Morgan fingerprint density at radius 3 is 2.64 bits per heavy atom. The molecule has 224 valence electrons. The summed E-state index contributed by atoms with van der Waals surface area (Å²) in [4.78, 5) is 1.60. The van der Waals surface area contributed by atoms with Crippen molar-refractivity contribution >= 4 is 11.8 Å². The van der Waals surface area contributed by atoms with Gasteiger partial charge in [-0.2, -0.15) is 0 Å². The Hall–Kier alpha value is -2.77. The minimum absolute atomic E-state index is 0.544. The fourth-order valence-corrected chi connectivity index (χ4v) is 11.6. The van der Waals surface area contributed by atoms with Crippen molar-refractivity contribution in [2.45, 2.75) is 112 Å². The normalized spacial score (nSPS) is 32.4. The van der Waals surface area contributed by atoms with Crippen molar-refractivity contribution in [1.82, 2.24) is 0 Å². The molecule has 0 nitrogen and oxygen atoms in total. The van der Waals surface area contributed by atoms with E-state index in [2.05, 4.69) is 91.6 Å². The van der Waals surface area contributed by atoms with Crippen LogP contribution in [0.1, 0.15) is 113 Å². The minimum Gasteiger partial charge on any atom is -0.117 e. The number of hydrogen-bond donors (Lipinski definition) is 0. The molecule has 44 heavy (non-hydrogen) atoms. The van der Waals surface area contributed by atoms with Crippen molar-refractivity contribution in [2.75, 3.05) is 0 Å². The third-order valence-electron chi connectivity index (χ3n) is 12.3. The Kier molecular flexibility index (Phi) is 7.03. The van der Waals surface area contributed by atoms with E-state index >= 15 is 0 Å². The Morgan fingerprint density at radius 1 is 0.795 bits per heavy atom. The topological polar surface area (TPSA) is 0 Å². The van der Waals surface area contributed by atoms with Crippen LogP contribution in [0.4, 0.5) is 0 Å². The lowest BCUT2D eigenvalue weighted by Gasteiger charge is -2.42. The molecule has 1 aliphatic heterocycles. The summed E-state index contributed by atoms with van der Waals surface area (Å²) >= 11 is 2.14.